The number of amides is 1. The Morgan fingerprint density at radius 2 is 1.76 bits per heavy atom. The van der Waals surface area contributed by atoms with Crippen molar-refractivity contribution >= 4 is 44.8 Å². The third-order valence-corrected chi connectivity index (χ3v) is 8.09. The normalized spacial score (nSPS) is 15.4. The molecule has 1 aliphatic carbocycles. The summed E-state index contributed by atoms with van der Waals surface area (Å²) in [6.45, 7) is -0.569. The maximum absolute atomic E-state index is 13.5. The predicted molar refractivity (Wildman–Crippen MR) is 124 cm³/mol. The van der Waals surface area contributed by atoms with Crippen molar-refractivity contribution < 1.29 is 31.1 Å². The molecule has 0 aromatic heterocycles. The molecule has 1 amide bonds. The Morgan fingerprint density at radius 1 is 1.09 bits per heavy atom. The molecule has 0 unspecified atom stereocenters. The molecule has 0 radical (unpaired) electrons. The van der Waals surface area contributed by atoms with Gasteiger partial charge in [0.2, 0.25) is 15.9 Å². The van der Waals surface area contributed by atoms with Gasteiger partial charge in [-0.2, -0.15) is 17.5 Å². The summed E-state index contributed by atoms with van der Waals surface area (Å²) in [5, 5.41) is 1.94. The summed E-state index contributed by atoms with van der Waals surface area (Å²) < 4.78 is 72.6. The highest BCUT2D eigenvalue weighted by Gasteiger charge is 2.35. The van der Waals surface area contributed by atoms with Crippen molar-refractivity contribution in [3.05, 3.63) is 52.0 Å². The van der Waals surface area contributed by atoms with Gasteiger partial charge in [-0.05, 0) is 49.2 Å². The molecule has 1 N–H and O–H groups in total. The van der Waals surface area contributed by atoms with E-state index in [0.717, 1.165) is 29.6 Å². The van der Waals surface area contributed by atoms with Crippen LogP contribution in [0.4, 0.5) is 18.9 Å². The van der Waals surface area contributed by atoms with Gasteiger partial charge in [0.05, 0.1) is 34.2 Å². The van der Waals surface area contributed by atoms with Crippen molar-refractivity contribution in [2.24, 2.45) is 0 Å². The zero-order chi connectivity index (χ0) is 25.1. The van der Waals surface area contributed by atoms with Crippen molar-refractivity contribution in [3.8, 4) is 5.75 Å². The molecule has 1 saturated carbocycles. The van der Waals surface area contributed by atoms with Crippen LogP contribution in [-0.4, -0.2) is 38.3 Å². The second-order valence-corrected chi connectivity index (χ2v) is 10.6. The quantitative estimate of drug-likeness (QED) is 0.470. The highest BCUT2D eigenvalue weighted by Crippen LogP contribution is 2.36. The van der Waals surface area contributed by atoms with Crippen molar-refractivity contribution in [3.63, 3.8) is 0 Å². The topological polar surface area (TPSA) is 75.7 Å². The van der Waals surface area contributed by atoms with Crippen molar-refractivity contribution in [1.29, 1.82) is 0 Å². The van der Waals surface area contributed by atoms with E-state index >= 15 is 0 Å². The number of carbonyl (C=O) groups is 1. The Bertz CT molecular complexity index is 1150. The van der Waals surface area contributed by atoms with Crippen molar-refractivity contribution in [1.82, 2.24) is 4.31 Å². The Hall–Kier alpha value is -2.01. The molecule has 186 valence electrons. The van der Waals surface area contributed by atoms with Gasteiger partial charge in [-0.15, -0.1) is 0 Å². The molecule has 0 aliphatic heterocycles. The molecule has 0 atom stereocenters. The fourth-order valence-corrected chi connectivity index (χ4v) is 6.10. The van der Waals surface area contributed by atoms with Crippen LogP contribution in [0.2, 0.25) is 10.0 Å². The largest absolute Gasteiger partial charge is 0.495 e. The van der Waals surface area contributed by atoms with Gasteiger partial charge in [0.25, 0.3) is 0 Å². The third kappa shape index (κ3) is 6.16. The molecule has 3 rings (SSSR count). The molecule has 1 fully saturated rings. The summed E-state index contributed by atoms with van der Waals surface area (Å²) in [6, 6.07) is 6.53. The first kappa shape index (κ1) is 26.6. The van der Waals surface area contributed by atoms with Gasteiger partial charge >= 0.3 is 6.18 Å². The number of benzene rings is 2. The van der Waals surface area contributed by atoms with E-state index in [9.17, 15) is 26.4 Å². The number of carbonyl (C=O) groups excluding carboxylic acids is 1. The van der Waals surface area contributed by atoms with E-state index in [1.807, 2.05) is 0 Å². The van der Waals surface area contributed by atoms with Crippen LogP contribution in [-0.2, 0) is 21.0 Å². The number of anilines is 1. The minimum absolute atomic E-state index is 0.0949. The van der Waals surface area contributed by atoms with Crippen LogP contribution in [0.5, 0.6) is 5.75 Å². The van der Waals surface area contributed by atoms with E-state index in [0.29, 0.717) is 24.7 Å². The lowest BCUT2D eigenvalue weighted by molar-refractivity contribution is -0.137. The SMILES string of the molecule is COc1ccc(S(=O)(=O)N(CC(=O)Nc2ccc(Cl)c(C(F)(F)F)c2)C2CCCCC2)cc1Cl. The van der Waals surface area contributed by atoms with Gasteiger partial charge in [-0.3, -0.25) is 4.79 Å². The average Bonchev–Trinajstić information content (AvgIpc) is 2.78. The molecule has 2 aromatic rings. The molecule has 34 heavy (non-hydrogen) atoms. The van der Waals surface area contributed by atoms with Crippen LogP contribution in [0.3, 0.4) is 0 Å². The fourth-order valence-electron chi connectivity index (χ4n) is 3.88. The summed E-state index contributed by atoms with van der Waals surface area (Å²) in [6.07, 6.45) is -1.02. The van der Waals surface area contributed by atoms with E-state index in [4.69, 9.17) is 27.9 Å². The van der Waals surface area contributed by atoms with E-state index in [-0.39, 0.29) is 15.6 Å². The maximum atomic E-state index is 13.5. The first-order chi connectivity index (χ1) is 15.9. The van der Waals surface area contributed by atoms with Crippen LogP contribution in [0.25, 0.3) is 0 Å². The van der Waals surface area contributed by atoms with Crippen molar-refractivity contribution in [2.75, 3.05) is 19.0 Å². The lowest BCUT2D eigenvalue weighted by Crippen LogP contribution is -2.45. The number of hydrogen-bond acceptors (Lipinski definition) is 4. The van der Waals surface area contributed by atoms with E-state index in [1.165, 1.54) is 31.4 Å². The Morgan fingerprint density at radius 3 is 2.35 bits per heavy atom. The number of halogens is 5. The molecular formula is C22H23Cl2F3N2O4S. The zero-order valence-corrected chi connectivity index (χ0v) is 20.5. The third-order valence-electron chi connectivity index (χ3n) is 5.57. The summed E-state index contributed by atoms with van der Waals surface area (Å²) >= 11 is 11.7. The van der Waals surface area contributed by atoms with Crippen LogP contribution in [0, 0.1) is 0 Å². The van der Waals surface area contributed by atoms with E-state index in [1.54, 1.807) is 0 Å². The molecule has 12 heteroatoms. The number of sulfonamides is 1. The van der Waals surface area contributed by atoms with Crippen LogP contribution in [0.1, 0.15) is 37.7 Å². The molecule has 0 heterocycles. The summed E-state index contributed by atoms with van der Waals surface area (Å²) in [5.74, 6) is -0.477. The molecule has 0 saturated heterocycles. The zero-order valence-electron chi connectivity index (χ0n) is 18.2. The minimum atomic E-state index is -4.71. The number of ether oxygens (including phenoxy) is 1. The van der Waals surface area contributed by atoms with Crippen LogP contribution >= 0.6 is 23.2 Å². The summed E-state index contributed by atoms with van der Waals surface area (Å²) in [7, 11) is -2.74. The Labute approximate surface area is 206 Å². The monoisotopic (exact) mass is 538 g/mol. The molecule has 6 nitrogen and oxygen atoms in total. The number of rotatable bonds is 7. The number of methoxy groups -OCH3 is 1. The van der Waals surface area contributed by atoms with Gasteiger partial charge in [0, 0.05) is 11.7 Å². The standard InChI is InChI=1S/C22H23Cl2F3N2O4S/c1-33-20-10-8-16(12-19(20)24)34(31,32)29(15-5-3-2-4-6-15)13-21(30)28-14-7-9-18(23)17(11-14)22(25,26)27/h7-12,15H,2-6,13H2,1H3,(H,28,30). The first-order valence-corrected chi connectivity index (χ1v) is 12.6. The number of nitrogens with zero attached hydrogens (tertiary/aromatic N) is 1. The second kappa shape index (κ2) is 10.7. The number of hydrogen-bond donors (Lipinski definition) is 1. The molecule has 0 spiro atoms. The van der Waals surface area contributed by atoms with Gasteiger partial charge < -0.3 is 10.1 Å². The minimum Gasteiger partial charge on any atom is -0.495 e. The maximum Gasteiger partial charge on any atom is 0.417 e. The van der Waals surface area contributed by atoms with E-state index in [2.05, 4.69) is 5.32 Å². The van der Waals surface area contributed by atoms with Gasteiger partial charge in [-0.25, -0.2) is 8.42 Å². The van der Waals surface area contributed by atoms with Crippen LogP contribution < -0.4 is 10.1 Å². The number of alkyl halides is 3. The lowest BCUT2D eigenvalue weighted by Gasteiger charge is -2.33. The molecule has 0 bridgehead atoms. The second-order valence-electron chi connectivity index (χ2n) is 7.88. The van der Waals surface area contributed by atoms with Gasteiger partial charge in [0.1, 0.15) is 5.75 Å². The summed E-state index contributed by atoms with van der Waals surface area (Å²) in [5.41, 5.74) is -1.24. The predicted octanol–water partition coefficient (Wildman–Crippen LogP) is 5.98. The number of nitrogens with one attached hydrogen (secondary N) is 1. The first-order valence-electron chi connectivity index (χ1n) is 10.5. The highest BCUT2D eigenvalue weighted by atomic mass is 35.5. The molecular weight excluding hydrogens is 516 g/mol. The van der Waals surface area contributed by atoms with Crippen LogP contribution in [0.15, 0.2) is 41.3 Å². The fraction of sp³-hybridized carbons (Fsp3) is 0.409. The van der Waals surface area contributed by atoms with Gasteiger partial charge in [0.15, 0.2) is 0 Å². The van der Waals surface area contributed by atoms with Crippen molar-refractivity contribution in [2.45, 2.75) is 49.2 Å². The van der Waals surface area contributed by atoms with Gasteiger partial charge in [-0.1, -0.05) is 42.5 Å². The Balaban J connectivity index is 1.88. The van der Waals surface area contributed by atoms with E-state index < -0.39 is 45.3 Å². The molecule has 1 aliphatic rings. The smallest absolute Gasteiger partial charge is 0.417 e. The Kier molecular flexibility index (Phi) is 8.38. The lowest BCUT2D eigenvalue weighted by atomic mass is 9.95. The average molecular weight is 539 g/mol. The molecule has 2 aromatic carbocycles. The highest BCUT2D eigenvalue weighted by molar-refractivity contribution is 7.89. The summed E-state index contributed by atoms with van der Waals surface area (Å²) in [4.78, 5) is 12.7.